The maximum Gasteiger partial charge on any atom is 0.273 e. The number of anilines is 1. The molecule has 2 saturated heterocycles. The van der Waals surface area contributed by atoms with Crippen molar-refractivity contribution in [3.05, 3.63) is 47.0 Å². The van der Waals surface area contributed by atoms with Crippen LogP contribution < -0.4 is 10.6 Å². The van der Waals surface area contributed by atoms with Gasteiger partial charge in [0.2, 0.25) is 5.91 Å². The van der Waals surface area contributed by atoms with Gasteiger partial charge in [0.1, 0.15) is 5.69 Å². The Bertz CT molecular complexity index is 1180. The zero-order valence-corrected chi connectivity index (χ0v) is 22.8. The van der Waals surface area contributed by atoms with Gasteiger partial charge in [-0.3, -0.25) is 14.4 Å². The van der Waals surface area contributed by atoms with Crippen LogP contribution in [0.1, 0.15) is 72.8 Å². The molecule has 0 atom stereocenters. The fourth-order valence-electron chi connectivity index (χ4n) is 6.42. The number of aromatic amines is 1. The van der Waals surface area contributed by atoms with Gasteiger partial charge < -0.3 is 25.4 Å². The van der Waals surface area contributed by atoms with Crippen LogP contribution in [0.4, 0.5) is 5.69 Å². The molecule has 3 N–H and O–H groups in total. The first-order valence-corrected chi connectivity index (χ1v) is 14.1. The predicted octanol–water partition coefficient (Wildman–Crippen LogP) is 3.70. The SMILES string of the molecule is CC1CCN(CCN(C(=O)c2[nH]cnc2C(N)=O)C2CCC3(CC2)CCN(c2ccccc2Cl)C3=O)CC1. The minimum absolute atomic E-state index is 0.0250. The molecule has 9 nitrogen and oxygen atoms in total. The van der Waals surface area contributed by atoms with Crippen LogP contribution in [-0.2, 0) is 4.79 Å². The molecule has 1 aromatic heterocycles. The summed E-state index contributed by atoms with van der Waals surface area (Å²) in [5.74, 6) is -0.110. The van der Waals surface area contributed by atoms with Crippen LogP contribution >= 0.6 is 11.6 Å². The van der Waals surface area contributed by atoms with Gasteiger partial charge in [-0.05, 0) is 76.1 Å². The molecule has 3 amide bonds. The third-order valence-corrected chi connectivity index (χ3v) is 9.21. The molecule has 5 rings (SSSR count). The zero-order valence-electron chi connectivity index (χ0n) is 22.0. The van der Waals surface area contributed by atoms with Crippen molar-refractivity contribution in [1.29, 1.82) is 0 Å². The number of nitrogens with zero attached hydrogens (tertiary/aromatic N) is 4. The fraction of sp³-hybridized carbons (Fsp3) is 0.571. The van der Waals surface area contributed by atoms with E-state index in [0.717, 1.165) is 63.3 Å². The first-order chi connectivity index (χ1) is 18.3. The Hall–Kier alpha value is -2.91. The average molecular weight is 541 g/mol. The number of imidazole rings is 1. The average Bonchev–Trinajstić information content (AvgIpc) is 3.53. The van der Waals surface area contributed by atoms with E-state index in [1.807, 2.05) is 34.1 Å². The summed E-state index contributed by atoms with van der Waals surface area (Å²) in [6, 6.07) is 7.45. The van der Waals surface area contributed by atoms with Crippen molar-refractivity contribution in [3.63, 3.8) is 0 Å². The Morgan fingerprint density at radius 1 is 1.13 bits per heavy atom. The number of carbonyl (C=O) groups excluding carboxylic acids is 3. The Kier molecular flexibility index (Phi) is 7.77. The topological polar surface area (TPSA) is 116 Å². The number of benzene rings is 1. The van der Waals surface area contributed by atoms with E-state index in [9.17, 15) is 14.4 Å². The number of para-hydroxylation sites is 1. The lowest BCUT2D eigenvalue weighted by Gasteiger charge is -2.41. The number of likely N-dealkylation sites (tertiary alicyclic amines) is 1. The van der Waals surface area contributed by atoms with E-state index in [1.165, 1.54) is 6.33 Å². The van der Waals surface area contributed by atoms with Gasteiger partial charge in [0.05, 0.1) is 22.5 Å². The number of rotatable bonds is 7. The molecular weight excluding hydrogens is 504 g/mol. The molecule has 10 heteroatoms. The maximum atomic E-state index is 13.7. The molecule has 3 fully saturated rings. The highest BCUT2D eigenvalue weighted by Gasteiger charge is 2.50. The normalized spacial score (nSPS) is 24.7. The molecule has 2 aliphatic heterocycles. The first kappa shape index (κ1) is 26.7. The van der Waals surface area contributed by atoms with Gasteiger partial charge in [0, 0.05) is 25.7 Å². The molecule has 38 heavy (non-hydrogen) atoms. The van der Waals surface area contributed by atoms with Crippen molar-refractivity contribution in [2.75, 3.05) is 37.6 Å². The van der Waals surface area contributed by atoms with Gasteiger partial charge in [-0.25, -0.2) is 4.98 Å². The van der Waals surface area contributed by atoms with Crippen molar-refractivity contribution in [2.45, 2.75) is 57.9 Å². The van der Waals surface area contributed by atoms with Crippen LogP contribution in [0.2, 0.25) is 5.02 Å². The van der Waals surface area contributed by atoms with E-state index in [-0.39, 0.29) is 29.2 Å². The minimum Gasteiger partial charge on any atom is -0.364 e. The van der Waals surface area contributed by atoms with Crippen molar-refractivity contribution in [1.82, 2.24) is 19.8 Å². The maximum absolute atomic E-state index is 13.7. The van der Waals surface area contributed by atoms with Crippen LogP contribution in [0.5, 0.6) is 0 Å². The lowest BCUT2D eigenvalue weighted by atomic mass is 9.71. The van der Waals surface area contributed by atoms with Crippen LogP contribution in [0, 0.1) is 11.3 Å². The molecule has 0 bridgehead atoms. The Morgan fingerprint density at radius 2 is 1.84 bits per heavy atom. The summed E-state index contributed by atoms with van der Waals surface area (Å²) >= 11 is 6.40. The number of piperidine rings is 1. The highest BCUT2D eigenvalue weighted by molar-refractivity contribution is 6.34. The van der Waals surface area contributed by atoms with Gasteiger partial charge in [-0.1, -0.05) is 30.7 Å². The highest BCUT2D eigenvalue weighted by atomic mass is 35.5. The molecule has 0 unspecified atom stereocenters. The minimum atomic E-state index is -0.724. The monoisotopic (exact) mass is 540 g/mol. The van der Waals surface area contributed by atoms with Gasteiger partial charge in [-0.2, -0.15) is 0 Å². The molecule has 1 aromatic carbocycles. The van der Waals surface area contributed by atoms with E-state index in [4.69, 9.17) is 17.3 Å². The van der Waals surface area contributed by atoms with Gasteiger partial charge in [0.15, 0.2) is 5.69 Å². The summed E-state index contributed by atoms with van der Waals surface area (Å²) < 4.78 is 0. The second-order valence-electron chi connectivity index (χ2n) is 11.2. The standard InChI is InChI=1S/C28H37ClN6O3/c1-19-8-13-33(14-9-19)16-17-34(26(37)24-23(25(30)36)31-18-32-24)20-6-10-28(11-7-20)12-15-35(27(28)38)22-5-3-2-4-21(22)29/h2-5,18-20H,6-17H2,1H3,(H2,30,36)(H,31,32). The molecule has 1 aliphatic carbocycles. The van der Waals surface area contributed by atoms with Crippen LogP contribution in [0.3, 0.4) is 0 Å². The summed E-state index contributed by atoms with van der Waals surface area (Å²) in [5.41, 5.74) is 5.96. The number of nitrogens with one attached hydrogen (secondary N) is 1. The van der Waals surface area contributed by atoms with E-state index in [0.29, 0.717) is 31.0 Å². The Balaban J connectivity index is 1.30. The van der Waals surface area contributed by atoms with E-state index >= 15 is 0 Å². The quantitative estimate of drug-likeness (QED) is 0.555. The van der Waals surface area contributed by atoms with E-state index in [2.05, 4.69) is 21.8 Å². The fourth-order valence-corrected chi connectivity index (χ4v) is 6.66. The lowest BCUT2D eigenvalue weighted by Crippen LogP contribution is -2.49. The summed E-state index contributed by atoms with van der Waals surface area (Å²) in [7, 11) is 0. The zero-order chi connectivity index (χ0) is 26.9. The number of aromatic nitrogens is 2. The molecule has 1 saturated carbocycles. The molecule has 204 valence electrons. The molecule has 0 radical (unpaired) electrons. The summed E-state index contributed by atoms with van der Waals surface area (Å²) in [6.07, 6.45) is 7.34. The summed E-state index contributed by atoms with van der Waals surface area (Å²) in [6.45, 7) is 6.33. The van der Waals surface area contributed by atoms with Gasteiger partial charge in [0.25, 0.3) is 11.8 Å². The van der Waals surface area contributed by atoms with Crippen molar-refractivity contribution >= 4 is 35.0 Å². The largest absolute Gasteiger partial charge is 0.364 e. The summed E-state index contributed by atoms with van der Waals surface area (Å²) in [5, 5.41) is 0.584. The van der Waals surface area contributed by atoms with E-state index in [1.54, 1.807) is 0 Å². The second-order valence-corrected chi connectivity index (χ2v) is 11.6. The smallest absolute Gasteiger partial charge is 0.273 e. The van der Waals surface area contributed by atoms with E-state index < -0.39 is 11.3 Å². The van der Waals surface area contributed by atoms with Crippen LogP contribution in [0.15, 0.2) is 30.6 Å². The van der Waals surface area contributed by atoms with Crippen molar-refractivity contribution in [3.8, 4) is 0 Å². The molecule has 3 aliphatic rings. The second kappa shape index (κ2) is 11.1. The number of primary amides is 1. The number of hydrogen-bond donors (Lipinski definition) is 2. The molecule has 1 spiro atoms. The van der Waals surface area contributed by atoms with Gasteiger partial charge >= 0.3 is 0 Å². The number of nitrogens with two attached hydrogens (primary N) is 1. The number of carbonyl (C=O) groups is 3. The Morgan fingerprint density at radius 3 is 2.53 bits per heavy atom. The third kappa shape index (κ3) is 5.18. The highest BCUT2D eigenvalue weighted by Crippen LogP contribution is 2.47. The van der Waals surface area contributed by atoms with Gasteiger partial charge in [-0.15, -0.1) is 0 Å². The lowest BCUT2D eigenvalue weighted by molar-refractivity contribution is -0.127. The van der Waals surface area contributed by atoms with Crippen molar-refractivity contribution < 1.29 is 14.4 Å². The molecule has 2 aromatic rings. The number of hydrogen-bond acceptors (Lipinski definition) is 5. The third-order valence-electron chi connectivity index (χ3n) is 8.89. The molecule has 3 heterocycles. The number of amides is 3. The number of halogens is 1. The predicted molar refractivity (Wildman–Crippen MR) is 146 cm³/mol. The molecular formula is C28H37ClN6O3. The number of H-pyrrole nitrogens is 1. The van der Waals surface area contributed by atoms with Crippen LogP contribution in [-0.4, -0.2) is 76.3 Å². The Labute approximate surface area is 228 Å². The summed E-state index contributed by atoms with van der Waals surface area (Å²) in [4.78, 5) is 52.2. The van der Waals surface area contributed by atoms with Crippen molar-refractivity contribution in [2.24, 2.45) is 17.1 Å². The van der Waals surface area contributed by atoms with Crippen LogP contribution in [0.25, 0.3) is 0 Å². The first-order valence-electron chi connectivity index (χ1n) is 13.7.